The molecule has 3 fully saturated rings. The predicted octanol–water partition coefficient (Wildman–Crippen LogP) is 2.34. The number of carbonyl (C=O) groups is 3. The van der Waals surface area contributed by atoms with Crippen molar-refractivity contribution >= 4 is 23.7 Å². The number of hydrogen-bond donors (Lipinski definition) is 4. The summed E-state index contributed by atoms with van der Waals surface area (Å²) in [6, 6.07) is -1.16. The first-order valence-corrected chi connectivity index (χ1v) is 12.8. The summed E-state index contributed by atoms with van der Waals surface area (Å²) < 4.78 is 5.23. The molecule has 0 aromatic rings. The lowest BCUT2D eigenvalue weighted by molar-refractivity contribution is -0.141. The van der Waals surface area contributed by atoms with Crippen LogP contribution in [0.3, 0.4) is 0 Å². The summed E-state index contributed by atoms with van der Waals surface area (Å²) in [6.45, 7) is 4.63. The summed E-state index contributed by atoms with van der Waals surface area (Å²) in [4.78, 5) is 40.5. The second-order valence-electron chi connectivity index (χ2n) is 10.3. The van der Waals surface area contributed by atoms with Crippen molar-refractivity contribution in [1.82, 2.24) is 15.5 Å². The predicted molar refractivity (Wildman–Crippen MR) is 127 cm³/mol. The molecular weight excluding hydrogens is 438 g/mol. The van der Waals surface area contributed by atoms with Crippen molar-refractivity contribution in [3.05, 3.63) is 0 Å². The molecule has 0 aromatic heterocycles. The fourth-order valence-corrected chi connectivity index (χ4v) is 5.64. The number of nitrogens with one attached hydrogen (secondary N) is 2. The van der Waals surface area contributed by atoms with Crippen LogP contribution in [0.25, 0.3) is 0 Å². The van der Waals surface area contributed by atoms with E-state index in [0.29, 0.717) is 25.4 Å². The molecule has 2 aliphatic carbocycles. The number of rotatable bonds is 8. The quantitative estimate of drug-likeness (QED) is 0.182. The van der Waals surface area contributed by atoms with E-state index in [9.17, 15) is 14.4 Å². The maximum Gasteiger partial charge on any atom is 0.408 e. The van der Waals surface area contributed by atoms with Gasteiger partial charge >= 0.3 is 6.09 Å². The minimum absolute atomic E-state index is 0.0709. The first kappa shape index (κ1) is 26.1. The molecule has 0 aromatic carbocycles. The maximum absolute atomic E-state index is 13.5. The zero-order chi connectivity index (χ0) is 24.7. The molecule has 0 bridgehead atoms. The fourth-order valence-electron chi connectivity index (χ4n) is 5.64. The molecule has 5 N–H and O–H groups in total. The summed E-state index contributed by atoms with van der Waals surface area (Å²) in [7, 11) is 0. The Hall–Kier alpha value is -2.52. The van der Waals surface area contributed by atoms with Gasteiger partial charge in [-0.2, -0.15) is 0 Å². The van der Waals surface area contributed by atoms with Gasteiger partial charge in [0.15, 0.2) is 0 Å². The minimum atomic E-state index is -0.656. The average molecular weight is 480 g/mol. The molecule has 192 valence electrons. The van der Waals surface area contributed by atoms with Crippen LogP contribution in [0.2, 0.25) is 0 Å². The van der Waals surface area contributed by atoms with Gasteiger partial charge in [-0.15, -0.1) is 0 Å². The number of oxime groups is 1. The Bertz CT molecular complexity index is 744. The van der Waals surface area contributed by atoms with E-state index in [1.54, 1.807) is 18.7 Å². The molecule has 1 saturated heterocycles. The third-order valence-corrected chi connectivity index (χ3v) is 7.54. The average Bonchev–Trinajstić information content (AvgIpc) is 3.52. The van der Waals surface area contributed by atoms with Crippen molar-refractivity contribution < 1.29 is 24.3 Å². The van der Waals surface area contributed by atoms with E-state index in [1.807, 2.05) is 0 Å². The number of nitrogens with zero attached hydrogens (tertiary/aromatic N) is 2. The van der Waals surface area contributed by atoms with Crippen molar-refractivity contribution in [3.63, 3.8) is 0 Å². The van der Waals surface area contributed by atoms with Gasteiger partial charge in [0.1, 0.15) is 17.9 Å². The van der Waals surface area contributed by atoms with Crippen molar-refractivity contribution in [2.24, 2.45) is 28.6 Å². The lowest BCUT2D eigenvalue weighted by Gasteiger charge is -2.32. The number of nitrogens with two attached hydrogens (primary N) is 1. The van der Waals surface area contributed by atoms with Crippen LogP contribution >= 0.6 is 0 Å². The second kappa shape index (κ2) is 12.3. The van der Waals surface area contributed by atoms with Gasteiger partial charge in [-0.05, 0) is 77.0 Å². The molecule has 0 radical (unpaired) electrons. The van der Waals surface area contributed by atoms with Gasteiger partial charge in [0.2, 0.25) is 11.8 Å². The molecule has 3 aliphatic rings. The molecule has 2 atom stereocenters. The van der Waals surface area contributed by atoms with E-state index >= 15 is 0 Å². The van der Waals surface area contributed by atoms with Crippen LogP contribution in [0.4, 0.5) is 4.79 Å². The largest absolute Gasteiger partial charge is 0.447 e. The maximum atomic E-state index is 13.5. The monoisotopic (exact) mass is 479 g/mol. The Balaban J connectivity index is 1.56. The van der Waals surface area contributed by atoms with Crippen molar-refractivity contribution in [1.29, 1.82) is 0 Å². The van der Waals surface area contributed by atoms with E-state index in [0.717, 1.165) is 57.8 Å². The molecule has 10 nitrogen and oxygen atoms in total. The Morgan fingerprint density at radius 2 is 1.74 bits per heavy atom. The van der Waals surface area contributed by atoms with Gasteiger partial charge < -0.3 is 31.2 Å². The molecule has 0 unspecified atom stereocenters. The number of amidine groups is 1. The Morgan fingerprint density at radius 3 is 2.35 bits per heavy atom. The highest BCUT2D eigenvalue weighted by Crippen LogP contribution is 2.31. The molecule has 0 spiro atoms. The Morgan fingerprint density at radius 1 is 1.06 bits per heavy atom. The number of amides is 3. The summed E-state index contributed by atoms with van der Waals surface area (Å²) in [5.74, 6) is 0.494. The van der Waals surface area contributed by atoms with Gasteiger partial charge in [-0.25, -0.2) is 4.79 Å². The van der Waals surface area contributed by atoms with E-state index in [1.165, 1.54) is 0 Å². The number of ether oxygens (including phenoxy) is 1. The van der Waals surface area contributed by atoms with Gasteiger partial charge in [-0.3, -0.25) is 9.59 Å². The third-order valence-electron chi connectivity index (χ3n) is 7.54. The molecule has 1 heterocycles. The van der Waals surface area contributed by atoms with Crippen LogP contribution in [0.1, 0.15) is 78.1 Å². The smallest absolute Gasteiger partial charge is 0.408 e. The fraction of sp³-hybridized carbons (Fsp3) is 0.833. The van der Waals surface area contributed by atoms with Crippen LogP contribution in [0.5, 0.6) is 0 Å². The number of carbonyl (C=O) groups excluding carboxylic acids is 3. The zero-order valence-corrected chi connectivity index (χ0v) is 20.5. The third kappa shape index (κ3) is 6.76. The molecule has 1 aliphatic heterocycles. The molecule has 3 amide bonds. The van der Waals surface area contributed by atoms with Crippen molar-refractivity contribution in [3.8, 4) is 0 Å². The lowest BCUT2D eigenvalue weighted by atomic mass is 9.81. The van der Waals surface area contributed by atoms with Crippen molar-refractivity contribution in [2.75, 3.05) is 13.1 Å². The summed E-state index contributed by atoms with van der Waals surface area (Å²) >= 11 is 0. The first-order valence-electron chi connectivity index (χ1n) is 12.8. The second-order valence-corrected chi connectivity index (χ2v) is 10.3. The van der Waals surface area contributed by atoms with Crippen LogP contribution in [-0.4, -0.2) is 65.1 Å². The zero-order valence-electron chi connectivity index (χ0n) is 20.5. The Labute approximate surface area is 202 Å². The topological polar surface area (TPSA) is 146 Å². The highest BCUT2D eigenvalue weighted by molar-refractivity contribution is 5.92. The highest BCUT2D eigenvalue weighted by Gasteiger charge is 2.41. The summed E-state index contributed by atoms with van der Waals surface area (Å²) in [5, 5.41) is 17.8. The van der Waals surface area contributed by atoms with Gasteiger partial charge in [0.05, 0.1) is 6.10 Å². The van der Waals surface area contributed by atoms with Crippen LogP contribution in [0, 0.1) is 17.8 Å². The molecule has 34 heavy (non-hydrogen) atoms. The van der Waals surface area contributed by atoms with E-state index in [2.05, 4.69) is 15.8 Å². The molecular formula is C24H41N5O5. The van der Waals surface area contributed by atoms with Crippen LogP contribution in [0.15, 0.2) is 5.16 Å². The van der Waals surface area contributed by atoms with Crippen molar-refractivity contribution in [2.45, 2.75) is 96.2 Å². The normalized spacial score (nSPS) is 27.0. The first-order chi connectivity index (χ1) is 16.3. The lowest BCUT2D eigenvalue weighted by Crippen LogP contribution is -2.56. The van der Waals surface area contributed by atoms with E-state index in [4.69, 9.17) is 15.7 Å². The van der Waals surface area contributed by atoms with Gasteiger partial charge in [0, 0.05) is 19.0 Å². The SMILES string of the molecule is CC(C)OC(=O)N[C@@H](C(=O)N1CCC[C@H]1C(=O)NC[C@H]1CC[C@H](C(N)=NO)CC1)C1CCCC1. The highest BCUT2D eigenvalue weighted by atomic mass is 16.6. The standard InChI is InChI=1S/C24H41N5O5/c1-15(2)34-24(32)27-20(17-6-3-4-7-17)23(31)29-13-5-8-19(29)22(30)26-14-16-9-11-18(12-10-16)21(25)28-33/h15-20,33H,3-14H2,1-2H3,(H2,25,28)(H,26,30)(H,27,32)/t16-,18-,19-,20+/m0/s1. The number of alkyl carbamates (subject to hydrolysis) is 1. The van der Waals surface area contributed by atoms with Crippen LogP contribution < -0.4 is 16.4 Å². The van der Waals surface area contributed by atoms with Gasteiger partial charge in [0.25, 0.3) is 0 Å². The number of likely N-dealkylation sites (tertiary alicyclic amines) is 1. The summed E-state index contributed by atoms with van der Waals surface area (Å²) in [5.41, 5.74) is 5.72. The molecule has 2 saturated carbocycles. The van der Waals surface area contributed by atoms with E-state index in [-0.39, 0.29) is 35.6 Å². The Kier molecular flexibility index (Phi) is 9.41. The molecule has 10 heteroatoms. The molecule has 3 rings (SSSR count). The summed E-state index contributed by atoms with van der Waals surface area (Å²) in [6.07, 6.45) is 7.88. The van der Waals surface area contributed by atoms with E-state index < -0.39 is 18.2 Å². The van der Waals surface area contributed by atoms with Crippen LogP contribution in [-0.2, 0) is 14.3 Å². The van der Waals surface area contributed by atoms with Gasteiger partial charge in [-0.1, -0.05) is 18.0 Å². The number of hydrogen-bond acceptors (Lipinski definition) is 6. The minimum Gasteiger partial charge on any atom is -0.447 e.